The average Bonchev–Trinajstić information content (AvgIpc) is 2.99. The molecule has 17 heavy (non-hydrogen) atoms. The maximum absolute atomic E-state index is 9.33. The van der Waals surface area contributed by atoms with Gasteiger partial charge in [-0.1, -0.05) is 18.2 Å². The van der Waals surface area contributed by atoms with Crippen LogP contribution in [0.2, 0.25) is 0 Å². The third-order valence-electron chi connectivity index (χ3n) is 3.50. The van der Waals surface area contributed by atoms with Crippen LogP contribution in [0, 0.1) is 17.2 Å². The highest BCUT2D eigenvalue weighted by molar-refractivity contribution is 8.00. The first-order valence-corrected chi connectivity index (χ1v) is 7.56. The van der Waals surface area contributed by atoms with Crippen molar-refractivity contribution in [1.82, 2.24) is 14.7 Å². The Morgan fingerprint density at radius 1 is 1.76 bits per heavy atom. The van der Waals surface area contributed by atoms with E-state index >= 15 is 0 Å². The number of thioether (sulfide) groups is 1. The quantitative estimate of drug-likeness (QED) is 0.830. The lowest BCUT2D eigenvalue weighted by atomic mass is 9.87. The molecular weight excluding hydrogens is 252 g/mol. The molecule has 6 heteroatoms. The van der Waals surface area contributed by atoms with Gasteiger partial charge in [-0.25, -0.2) is 4.98 Å². The number of rotatable bonds is 5. The fourth-order valence-electron chi connectivity index (χ4n) is 2.52. The summed E-state index contributed by atoms with van der Waals surface area (Å²) in [6.45, 7) is 0. The first-order valence-electron chi connectivity index (χ1n) is 5.80. The molecule has 1 fully saturated rings. The summed E-state index contributed by atoms with van der Waals surface area (Å²) < 4.78 is 5.00. The molecule has 1 aliphatic carbocycles. The second-order valence-electron chi connectivity index (χ2n) is 4.27. The summed E-state index contributed by atoms with van der Waals surface area (Å²) in [6, 6.07) is 2.48. The van der Waals surface area contributed by atoms with E-state index in [0.717, 1.165) is 35.8 Å². The van der Waals surface area contributed by atoms with Crippen LogP contribution in [0.4, 0.5) is 0 Å². The summed E-state index contributed by atoms with van der Waals surface area (Å²) in [7, 11) is 1.90. The number of aromatic nitrogens is 2. The number of nitrogens with zero attached hydrogens (tertiary/aromatic N) is 3. The minimum absolute atomic E-state index is 0.290. The van der Waals surface area contributed by atoms with Crippen LogP contribution in [0.3, 0.4) is 0 Å². The number of nitrogens with one attached hydrogen (secondary N) is 1. The summed E-state index contributed by atoms with van der Waals surface area (Å²) in [5, 5.41) is 12.6. The van der Waals surface area contributed by atoms with Crippen molar-refractivity contribution in [1.29, 1.82) is 5.26 Å². The monoisotopic (exact) mass is 268 g/mol. The van der Waals surface area contributed by atoms with Gasteiger partial charge in [0.05, 0.1) is 6.07 Å². The second kappa shape index (κ2) is 5.80. The van der Waals surface area contributed by atoms with Gasteiger partial charge < -0.3 is 5.32 Å². The fourth-order valence-corrected chi connectivity index (χ4v) is 4.08. The Balaban J connectivity index is 1.84. The third kappa shape index (κ3) is 2.79. The molecule has 0 amide bonds. The molecule has 92 valence electrons. The molecule has 0 spiro atoms. The molecular formula is C11H16N4S2. The molecule has 0 radical (unpaired) electrons. The lowest BCUT2D eigenvalue weighted by Gasteiger charge is -2.27. The van der Waals surface area contributed by atoms with E-state index < -0.39 is 0 Å². The molecule has 2 rings (SSSR count). The van der Waals surface area contributed by atoms with E-state index in [0.29, 0.717) is 5.92 Å². The number of nitriles is 1. The molecule has 4 nitrogen and oxygen atoms in total. The minimum Gasteiger partial charge on any atom is -0.302 e. The predicted octanol–water partition coefficient (Wildman–Crippen LogP) is 2.30. The van der Waals surface area contributed by atoms with Gasteiger partial charge in [0.1, 0.15) is 11.9 Å². The van der Waals surface area contributed by atoms with Crippen LogP contribution in [0.25, 0.3) is 0 Å². The Labute approximate surface area is 110 Å². The zero-order valence-electron chi connectivity index (χ0n) is 9.85. The molecule has 1 saturated carbocycles. The zero-order chi connectivity index (χ0) is 12.1. The van der Waals surface area contributed by atoms with Crippen LogP contribution in [0.5, 0.6) is 0 Å². The second-order valence-corrected chi connectivity index (χ2v) is 6.39. The van der Waals surface area contributed by atoms with Gasteiger partial charge in [0.15, 0.2) is 4.34 Å². The summed E-state index contributed by atoms with van der Waals surface area (Å²) in [6.07, 6.45) is 5.95. The third-order valence-corrected chi connectivity index (χ3v) is 5.33. The molecule has 1 aromatic heterocycles. The van der Waals surface area contributed by atoms with Gasteiger partial charge in [0.2, 0.25) is 0 Å². The van der Waals surface area contributed by atoms with Gasteiger partial charge >= 0.3 is 0 Å². The lowest BCUT2D eigenvalue weighted by molar-refractivity contribution is 0.332. The van der Waals surface area contributed by atoms with Crippen molar-refractivity contribution < 1.29 is 0 Å². The molecule has 1 heterocycles. The van der Waals surface area contributed by atoms with E-state index in [1.807, 2.05) is 7.05 Å². The van der Waals surface area contributed by atoms with Gasteiger partial charge in [-0.15, -0.1) is 0 Å². The molecule has 2 atom stereocenters. The Hall–Kier alpha value is -0.640. The average molecular weight is 268 g/mol. The SMILES string of the molecule is CNC1(C#N)CCCC1CCSc1ncns1. The van der Waals surface area contributed by atoms with E-state index in [1.54, 1.807) is 18.1 Å². The van der Waals surface area contributed by atoms with E-state index in [-0.39, 0.29) is 5.54 Å². The van der Waals surface area contributed by atoms with Crippen LogP contribution in [0.1, 0.15) is 25.7 Å². The maximum Gasteiger partial charge on any atom is 0.169 e. The zero-order valence-corrected chi connectivity index (χ0v) is 11.5. The summed E-state index contributed by atoms with van der Waals surface area (Å²) in [4.78, 5) is 4.15. The van der Waals surface area contributed by atoms with Crippen LogP contribution in [-0.2, 0) is 0 Å². The lowest BCUT2D eigenvalue weighted by Crippen LogP contribution is -2.44. The van der Waals surface area contributed by atoms with Crippen molar-refractivity contribution >= 4 is 23.3 Å². The van der Waals surface area contributed by atoms with E-state index in [4.69, 9.17) is 0 Å². The number of hydrogen-bond acceptors (Lipinski definition) is 6. The van der Waals surface area contributed by atoms with E-state index in [2.05, 4.69) is 20.7 Å². The summed E-state index contributed by atoms with van der Waals surface area (Å²) in [5.41, 5.74) is -0.290. The minimum atomic E-state index is -0.290. The largest absolute Gasteiger partial charge is 0.302 e. The molecule has 0 saturated heterocycles. The van der Waals surface area contributed by atoms with Crippen molar-refractivity contribution in [3.63, 3.8) is 0 Å². The molecule has 2 unspecified atom stereocenters. The van der Waals surface area contributed by atoms with Crippen LogP contribution in [0.15, 0.2) is 10.7 Å². The smallest absolute Gasteiger partial charge is 0.169 e. The first kappa shape index (κ1) is 12.8. The van der Waals surface area contributed by atoms with Crippen molar-refractivity contribution in [3.8, 4) is 6.07 Å². The number of hydrogen-bond donors (Lipinski definition) is 1. The van der Waals surface area contributed by atoms with Crippen molar-refractivity contribution in [2.45, 2.75) is 35.6 Å². The highest BCUT2D eigenvalue weighted by atomic mass is 32.2. The molecule has 1 aromatic rings. The van der Waals surface area contributed by atoms with Crippen molar-refractivity contribution in [2.75, 3.05) is 12.8 Å². The Kier molecular flexibility index (Phi) is 4.37. The highest BCUT2D eigenvalue weighted by Crippen LogP contribution is 2.38. The molecule has 0 bridgehead atoms. The van der Waals surface area contributed by atoms with Gasteiger partial charge in [0, 0.05) is 5.75 Å². The molecule has 1 aliphatic rings. The van der Waals surface area contributed by atoms with Gasteiger partial charge in [-0.05, 0) is 43.8 Å². The summed E-state index contributed by atoms with van der Waals surface area (Å²) >= 11 is 3.18. The summed E-state index contributed by atoms with van der Waals surface area (Å²) in [5.74, 6) is 1.49. The Bertz CT molecular complexity index is 387. The van der Waals surface area contributed by atoms with Gasteiger partial charge in [0.25, 0.3) is 0 Å². The van der Waals surface area contributed by atoms with Crippen molar-refractivity contribution in [2.24, 2.45) is 5.92 Å². The standard InChI is InChI=1S/C11H16N4S2/c1-13-11(7-12)5-2-3-9(11)4-6-16-10-14-8-15-17-10/h8-9,13H,2-6H2,1H3. The van der Waals surface area contributed by atoms with Crippen molar-refractivity contribution in [3.05, 3.63) is 6.33 Å². The van der Waals surface area contributed by atoms with E-state index in [1.165, 1.54) is 11.5 Å². The topological polar surface area (TPSA) is 61.6 Å². The predicted molar refractivity (Wildman–Crippen MR) is 70.0 cm³/mol. The Morgan fingerprint density at radius 2 is 2.65 bits per heavy atom. The van der Waals surface area contributed by atoms with E-state index in [9.17, 15) is 5.26 Å². The van der Waals surface area contributed by atoms with Crippen LogP contribution < -0.4 is 5.32 Å². The van der Waals surface area contributed by atoms with Gasteiger partial charge in [-0.2, -0.15) is 9.64 Å². The van der Waals surface area contributed by atoms with Crippen LogP contribution in [-0.4, -0.2) is 27.7 Å². The fraction of sp³-hybridized carbons (Fsp3) is 0.727. The normalized spacial score (nSPS) is 28.1. The molecule has 1 N–H and O–H groups in total. The molecule has 0 aromatic carbocycles. The van der Waals surface area contributed by atoms with Crippen LogP contribution >= 0.6 is 23.3 Å². The maximum atomic E-state index is 9.33. The Morgan fingerprint density at radius 3 is 3.29 bits per heavy atom. The first-order chi connectivity index (χ1) is 8.30. The molecule has 0 aliphatic heterocycles. The van der Waals surface area contributed by atoms with Gasteiger partial charge in [-0.3, -0.25) is 0 Å². The highest BCUT2D eigenvalue weighted by Gasteiger charge is 2.41.